The maximum absolute atomic E-state index is 13.0. The highest BCUT2D eigenvalue weighted by molar-refractivity contribution is 6.33. The summed E-state index contributed by atoms with van der Waals surface area (Å²) >= 11 is 6.53. The molecule has 0 unspecified atom stereocenters. The molecule has 0 atom stereocenters. The number of halogens is 1. The molecule has 0 radical (unpaired) electrons. The van der Waals surface area contributed by atoms with Crippen LogP contribution in [0.5, 0.6) is 0 Å². The predicted octanol–water partition coefficient (Wildman–Crippen LogP) is 4.65. The number of nitrogens with one attached hydrogen (secondary N) is 2. The largest absolute Gasteiger partial charge is 0.349 e. The van der Waals surface area contributed by atoms with E-state index in [0.29, 0.717) is 29.1 Å². The molecular weight excluding hydrogens is 412 g/mol. The zero-order valence-corrected chi connectivity index (χ0v) is 18.6. The van der Waals surface area contributed by atoms with Crippen LogP contribution in [0.4, 0.5) is 5.69 Å². The van der Waals surface area contributed by atoms with Crippen LogP contribution in [0.15, 0.2) is 42.5 Å². The molecule has 2 N–H and O–H groups in total. The average molecular weight is 437 g/mol. The molecule has 0 spiro atoms. The van der Waals surface area contributed by atoms with E-state index in [9.17, 15) is 9.59 Å². The first kappa shape index (κ1) is 21.1. The highest BCUT2D eigenvalue weighted by Crippen LogP contribution is 2.25. The summed E-state index contributed by atoms with van der Waals surface area (Å²) < 4.78 is 1.63. The van der Waals surface area contributed by atoms with Crippen LogP contribution in [0.1, 0.15) is 55.9 Å². The Kier molecular flexibility index (Phi) is 5.83. The molecule has 1 fully saturated rings. The maximum Gasteiger partial charge on any atom is 0.260 e. The standard InChI is InChI=1S/C24H25ClN4O2/c1-14-4-7-17(8-5-14)13-29-22(25)21(16(3)28-29)24(31)27-20-12-18(9-6-15(20)2)23(30)26-19-10-11-19/h4-9,12,19H,10-11,13H2,1-3H3,(H,26,30)(H,27,31). The van der Waals surface area contributed by atoms with E-state index >= 15 is 0 Å². The number of hydrogen-bond acceptors (Lipinski definition) is 3. The van der Waals surface area contributed by atoms with Crippen molar-refractivity contribution in [2.75, 3.05) is 5.32 Å². The second-order valence-electron chi connectivity index (χ2n) is 8.13. The number of rotatable bonds is 6. The van der Waals surface area contributed by atoms with Gasteiger partial charge in [-0.05, 0) is 56.9 Å². The number of benzene rings is 2. The third kappa shape index (κ3) is 4.80. The van der Waals surface area contributed by atoms with Crippen LogP contribution in [0.3, 0.4) is 0 Å². The quantitative estimate of drug-likeness (QED) is 0.590. The van der Waals surface area contributed by atoms with Gasteiger partial charge in [-0.3, -0.25) is 9.59 Å². The molecule has 160 valence electrons. The molecule has 1 heterocycles. The van der Waals surface area contributed by atoms with E-state index < -0.39 is 0 Å². The summed E-state index contributed by atoms with van der Waals surface area (Å²) in [5, 5.41) is 10.6. The fourth-order valence-electron chi connectivity index (χ4n) is 3.36. The highest BCUT2D eigenvalue weighted by atomic mass is 35.5. The van der Waals surface area contributed by atoms with Crippen molar-refractivity contribution in [3.05, 3.63) is 81.1 Å². The third-order valence-corrected chi connectivity index (χ3v) is 5.79. The lowest BCUT2D eigenvalue weighted by molar-refractivity contribution is 0.0949. The fourth-order valence-corrected chi connectivity index (χ4v) is 3.68. The van der Waals surface area contributed by atoms with Crippen molar-refractivity contribution < 1.29 is 9.59 Å². The van der Waals surface area contributed by atoms with Crippen molar-refractivity contribution in [2.45, 2.75) is 46.2 Å². The molecule has 3 aromatic rings. The van der Waals surface area contributed by atoms with Gasteiger partial charge in [-0.25, -0.2) is 4.68 Å². The first-order valence-electron chi connectivity index (χ1n) is 10.3. The maximum atomic E-state index is 13.0. The normalized spacial score (nSPS) is 13.2. The summed E-state index contributed by atoms with van der Waals surface area (Å²) in [6.45, 7) is 6.15. The van der Waals surface area contributed by atoms with Crippen LogP contribution in [0, 0.1) is 20.8 Å². The molecule has 2 aromatic carbocycles. The van der Waals surface area contributed by atoms with Crippen LogP contribution >= 0.6 is 11.6 Å². The molecule has 1 aromatic heterocycles. The van der Waals surface area contributed by atoms with Gasteiger partial charge in [0.05, 0.1) is 17.8 Å². The number of aromatic nitrogens is 2. The zero-order chi connectivity index (χ0) is 22.1. The molecule has 0 saturated heterocycles. The third-order valence-electron chi connectivity index (χ3n) is 5.41. The van der Waals surface area contributed by atoms with E-state index in [-0.39, 0.29) is 23.0 Å². The smallest absolute Gasteiger partial charge is 0.260 e. The summed E-state index contributed by atoms with van der Waals surface area (Å²) in [6.07, 6.45) is 2.04. The van der Waals surface area contributed by atoms with E-state index in [4.69, 9.17) is 11.6 Å². The fraction of sp³-hybridized carbons (Fsp3) is 0.292. The average Bonchev–Trinajstić information content (AvgIpc) is 3.49. The molecule has 0 bridgehead atoms. The summed E-state index contributed by atoms with van der Waals surface area (Å²) in [5.41, 5.74) is 5.07. The second kappa shape index (κ2) is 8.55. The summed E-state index contributed by atoms with van der Waals surface area (Å²) in [7, 11) is 0. The minimum absolute atomic E-state index is 0.127. The van der Waals surface area contributed by atoms with Crippen molar-refractivity contribution in [3.8, 4) is 0 Å². The van der Waals surface area contributed by atoms with E-state index in [1.54, 1.807) is 23.7 Å². The minimum Gasteiger partial charge on any atom is -0.349 e. The number of carbonyl (C=O) groups is 2. The van der Waals surface area contributed by atoms with E-state index in [0.717, 1.165) is 24.0 Å². The molecule has 1 aliphatic rings. The minimum atomic E-state index is -0.347. The molecule has 4 rings (SSSR count). The van der Waals surface area contributed by atoms with Gasteiger partial charge >= 0.3 is 0 Å². The number of amides is 2. The van der Waals surface area contributed by atoms with Gasteiger partial charge < -0.3 is 10.6 Å². The monoisotopic (exact) mass is 436 g/mol. The number of nitrogens with zero attached hydrogens (tertiary/aromatic N) is 2. The van der Waals surface area contributed by atoms with Crippen LogP contribution in [-0.2, 0) is 6.54 Å². The molecule has 31 heavy (non-hydrogen) atoms. The van der Waals surface area contributed by atoms with Crippen molar-refractivity contribution in [1.82, 2.24) is 15.1 Å². The van der Waals surface area contributed by atoms with Crippen molar-refractivity contribution >= 4 is 29.1 Å². The summed E-state index contributed by atoms with van der Waals surface area (Å²) in [6, 6.07) is 13.7. The molecule has 1 saturated carbocycles. The highest BCUT2D eigenvalue weighted by Gasteiger charge is 2.25. The van der Waals surface area contributed by atoms with Gasteiger partial charge in [-0.15, -0.1) is 0 Å². The van der Waals surface area contributed by atoms with Crippen molar-refractivity contribution in [3.63, 3.8) is 0 Å². The van der Waals surface area contributed by atoms with Crippen molar-refractivity contribution in [2.24, 2.45) is 0 Å². The lowest BCUT2D eigenvalue weighted by Gasteiger charge is -2.11. The predicted molar refractivity (Wildman–Crippen MR) is 122 cm³/mol. The molecule has 6 nitrogen and oxygen atoms in total. The molecule has 2 amide bonds. The van der Waals surface area contributed by atoms with Gasteiger partial charge in [0, 0.05) is 17.3 Å². The Morgan fingerprint density at radius 1 is 1.06 bits per heavy atom. The zero-order valence-electron chi connectivity index (χ0n) is 17.8. The van der Waals surface area contributed by atoms with Gasteiger partial charge in [-0.1, -0.05) is 47.5 Å². The van der Waals surface area contributed by atoms with Crippen LogP contribution in [0.25, 0.3) is 0 Å². The van der Waals surface area contributed by atoms with E-state index in [2.05, 4.69) is 15.7 Å². The number of hydrogen-bond donors (Lipinski definition) is 2. The summed E-state index contributed by atoms with van der Waals surface area (Å²) in [4.78, 5) is 25.4. The first-order chi connectivity index (χ1) is 14.8. The Morgan fingerprint density at radius 2 is 1.77 bits per heavy atom. The van der Waals surface area contributed by atoms with Crippen LogP contribution in [0.2, 0.25) is 5.15 Å². The molecule has 1 aliphatic carbocycles. The lowest BCUT2D eigenvalue weighted by atomic mass is 10.1. The topological polar surface area (TPSA) is 76.0 Å². The van der Waals surface area contributed by atoms with Gasteiger partial charge in [0.2, 0.25) is 0 Å². The number of aryl methyl sites for hydroxylation is 3. The molecular formula is C24H25ClN4O2. The van der Waals surface area contributed by atoms with E-state index in [1.807, 2.05) is 44.2 Å². The molecule has 7 heteroatoms. The number of carbonyl (C=O) groups excluding carboxylic acids is 2. The summed E-state index contributed by atoms with van der Waals surface area (Å²) in [5.74, 6) is -0.473. The van der Waals surface area contributed by atoms with Gasteiger partial charge in [-0.2, -0.15) is 5.10 Å². The van der Waals surface area contributed by atoms with Gasteiger partial charge in [0.15, 0.2) is 0 Å². The van der Waals surface area contributed by atoms with Gasteiger partial charge in [0.25, 0.3) is 11.8 Å². The van der Waals surface area contributed by atoms with Crippen LogP contribution < -0.4 is 10.6 Å². The Morgan fingerprint density at radius 3 is 2.45 bits per heavy atom. The van der Waals surface area contributed by atoms with Crippen LogP contribution in [-0.4, -0.2) is 27.6 Å². The SMILES string of the molecule is Cc1ccc(Cn2nc(C)c(C(=O)Nc3cc(C(=O)NC4CC4)ccc3C)c2Cl)cc1. The molecule has 0 aliphatic heterocycles. The first-order valence-corrected chi connectivity index (χ1v) is 10.7. The Hall–Kier alpha value is -3.12. The second-order valence-corrected chi connectivity index (χ2v) is 8.48. The Labute approximate surface area is 186 Å². The van der Waals surface area contributed by atoms with E-state index in [1.165, 1.54) is 5.56 Å². The van der Waals surface area contributed by atoms with Gasteiger partial charge in [0.1, 0.15) is 5.15 Å². The number of anilines is 1. The Bertz CT molecular complexity index is 1150. The van der Waals surface area contributed by atoms with Crippen molar-refractivity contribution in [1.29, 1.82) is 0 Å². The Balaban J connectivity index is 1.54. The lowest BCUT2D eigenvalue weighted by Crippen LogP contribution is -2.25.